The molecule has 1 heterocycles. The number of nitrogens with two attached hydrogens (primary N) is 1. The normalized spacial score (nSPS) is 11.6. The maximum atomic E-state index is 13.7. The van der Waals surface area contributed by atoms with Crippen LogP contribution in [0.25, 0.3) is 10.8 Å². The summed E-state index contributed by atoms with van der Waals surface area (Å²) < 4.78 is 32.6. The smallest absolute Gasteiger partial charge is 0.412 e. The fraction of sp³-hybridized carbons (Fsp3) is 0.308. The van der Waals surface area contributed by atoms with Gasteiger partial charge in [-0.3, -0.25) is 10.1 Å². The summed E-state index contributed by atoms with van der Waals surface area (Å²) in [5.41, 5.74) is 5.60. The summed E-state index contributed by atoms with van der Waals surface area (Å²) in [6.45, 7) is 0.129. The number of carbonyl (C=O) groups is 3. The average molecular weight is 548 g/mol. The third-order valence-electron chi connectivity index (χ3n) is 5.91. The van der Waals surface area contributed by atoms with Gasteiger partial charge in [0, 0.05) is 31.6 Å². The van der Waals surface area contributed by atoms with Crippen LogP contribution in [0.4, 0.5) is 24.2 Å². The lowest BCUT2D eigenvalue weighted by atomic mass is 10.1. The van der Waals surface area contributed by atoms with Crippen LogP contribution < -0.4 is 16.4 Å². The van der Waals surface area contributed by atoms with Gasteiger partial charge in [0.1, 0.15) is 24.1 Å². The van der Waals surface area contributed by atoms with E-state index >= 15 is 0 Å². The number of amides is 4. The largest absolute Gasteiger partial charge is 0.447 e. The van der Waals surface area contributed by atoms with Gasteiger partial charge in [-0.2, -0.15) is 0 Å². The van der Waals surface area contributed by atoms with Crippen molar-refractivity contribution in [2.75, 3.05) is 25.5 Å². The van der Waals surface area contributed by atoms with Gasteiger partial charge in [0.2, 0.25) is 5.91 Å². The van der Waals surface area contributed by atoms with Crippen LogP contribution >= 0.6 is 11.6 Å². The van der Waals surface area contributed by atoms with Gasteiger partial charge in [-0.1, -0.05) is 23.7 Å². The molecule has 3 rings (SSSR count). The van der Waals surface area contributed by atoms with Gasteiger partial charge in [-0.05, 0) is 60.5 Å². The Kier molecular flexibility index (Phi) is 10.2. The zero-order chi connectivity index (χ0) is 27.7. The maximum absolute atomic E-state index is 13.7. The summed E-state index contributed by atoms with van der Waals surface area (Å²) in [6, 6.07) is 8.94. The molecule has 1 atom stereocenters. The van der Waals surface area contributed by atoms with Crippen molar-refractivity contribution in [3.8, 4) is 0 Å². The minimum Gasteiger partial charge on any atom is -0.447 e. The number of carbonyl (C=O) groups excluding carboxylic acids is 3. The average Bonchev–Trinajstić information content (AvgIpc) is 2.88. The molecule has 202 valence electrons. The molecule has 0 spiro atoms. The molecule has 3 aromatic rings. The van der Waals surface area contributed by atoms with Crippen molar-refractivity contribution >= 4 is 46.2 Å². The number of pyridine rings is 1. The number of aromatic nitrogens is 1. The van der Waals surface area contributed by atoms with Gasteiger partial charge < -0.3 is 20.7 Å². The zero-order valence-corrected chi connectivity index (χ0v) is 21.4. The van der Waals surface area contributed by atoms with Crippen LogP contribution in [0.5, 0.6) is 0 Å². The van der Waals surface area contributed by atoms with Gasteiger partial charge in [0.15, 0.2) is 0 Å². The molecule has 9 nitrogen and oxygen atoms in total. The molecule has 38 heavy (non-hydrogen) atoms. The molecular formula is C26H28ClF2N5O4. The minimum absolute atomic E-state index is 0.0259. The topological polar surface area (TPSA) is 127 Å². The van der Waals surface area contributed by atoms with E-state index in [2.05, 4.69) is 15.6 Å². The first-order valence-electron chi connectivity index (χ1n) is 11.8. The van der Waals surface area contributed by atoms with E-state index < -0.39 is 29.8 Å². The number of nitrogens with one attached hydrogen (secondary N) is 2. The number of nitrogens with zero attached hydrogens (tertiary/aromatic N) is 2. The number of fused-ring (bicyclic) bond motifs is 1. The molecule has 0 unspecified atom stereocenters. The quantitative estimate of drug-likeness (QED) is 0.302. The van der Waals surface area contributed by atoms with Crippen molar-refractivity contribution in [2.24, 2.45) is 5.73 Å². The van der Waals surface area contributed by atoms with Crippen molar-refractivity contribution in [1.82, 2.24) is 15.2 Å². The lowest BCUT2D eigenvalue weighted by Crippen LogP contribution is -2.41. The highest BCUT2D eigenvalue weighted by atomic mass is 35.5. The fourth-order valence-corrected chi connectivity index (χ4v) is 4.01. The number of rotatable bonds is 11. The van der Waals surface area contributed by atoms with Crippen LogP contribution in [0.2, 0.25) is 5.02 Å². The second-order valence-corrected chi connectivity index (χ2v) is 8.97. The van der Waals surface area contributed by atoms with Crippen LogP contribution in [0.3, 0.4) is 0 Å². The van der Waals surface area contributed by atoms with Gasteiger partial charge in [0.05, 0.1) is 11.1 Å². The number of benzene rings is 2. The third kappa shape index (κ3) is 8.27. The third-order valence-corrected chi connectivity index (χ3v) is 6.34. The highest BCUT2D eigenvalue weighted by Gasteiger charge is 2.22. The van der Waals surface area contributed by atoms with E-state index in [4.69, 9.17) is 22.1 Å². The second kappa shape index (κ2) is 13.5. The second-order valence-electron chi connectivity index (χ2n) is 8.59. The molecule has 0 fully saturated rings. The van der Waals surface area contributed by atoms with Gasteiger partial charge in [-0.15, -0.1) is 0 Å². The zero-order valence-electron chi connectivity index (χ0n) is 20.7. The number of halogens is 3. The summed E-state index contributed by atoms with van der Waals surface area (Å²) >= 11 is 5.99. The Bertz CT molecular complexity index is 1310. The number of primary amides is 1. The Labute approximate surface area is 223 Å². The SMILES string of the molecule is CN(C(=O)CCc1cccc(F)c1Cl)[C@@H](CCCNC(N)=O)COC(=O)Nc1cc2cc(F)ccc2cn1. The lowest BCUT2D eigenvalue weighted by molar-refractivity contribution is -0.132. The Balaban J connectivity index is 1.60. The number of hydrogen-bond acceptors (Lipinski definition) is 5. The van der Waals surface area contributed by atoms with Gasteiger partial charge >= 0.3 is 12.1 Å². The Morgan fingerprint density at radius 1 is 1.16 bits per heavy atom. The van der Waals surface area contributed by atoms with E-state index in [1.165, 1.54) is 41.4 Å². The fourth-order valence-electron chi connectivity index (χ4n) is 3.79. The molecule has 4 N–H and O–H groups in total. The van der Waals surface area contributed by atoms with Crippen LogP contribution in [0.15, 0.2) is 48.7 Å². The maximum Gasteiger partial charge on any atom is 0.412 e. The predicted molar refractivity (Wildman–Crippen MR) is 140 cm³/mol. The minimum atomic E-state index is -0.805. The highest BCUT2D eigenvalue weighted by molar-refractivity contribution is 6.31. The molecule has 4 amide bonds. The van der Waals surface area contributed by atoms with Gasteiger partial charge in [0.25, 0.3) is 0 Å². The number of likely N-dealkylation sites (N-methyl/N-ethyl adjacent to an activating group) is 1. The number of ether oxygens (including phenoxy) is 1. The molecule has 0 saturated carbocycles. The van der Waals surface area contributed by atoms with Crippen LogP contribution in [-0.2, 0) is 16.0 Å². The van der Waals surface area contributed by atoms with E-state index in [1.807, 2.05) is 0 Å². The Hall–Kier alpha value is -3.99. The van der Waals surface area contributed by atoms with Crippen LogP contribution in [-0.4, -0.2) is 54.2 Å². The highest BCUT2D eigenvalue weighted by Crippen LogP contribution is 2.22. The molecule has 12 heteroatoms. The first-order chi connectivity index (χ1) is 18.1. The number of anilines is 1. The predicted octanol–water partition coefficient (Wildman–Crippen LogP) is 4.62. The summed E-state index contributed by atoms with van der Waals surface area (Å²) in [5.74, 6) is -1.07. The van der Waals surface area contributed by atoms with Crippen molar-refractivity contribution in [3.63, 3.8) is 0 Å². The summed E-state index contributed by atoms with van der Waals surface area (Å²) in [5, 5.41) is 6.20. The monoisotopic (exact) mass is 547 g/mol. The molecule has 2 aromatic carbocycles. The molecule has 0 aliphatic rings. The summed E-state index contributed by atoms with van der Waals surface area (Å²) in [4.78, 5) is 41.8. The summed E-state index contributed by atoms with van der Waals surface area (Å²) in [6.07, 6.45) is 1.83. The molecule has 0 saturated heterocycles. The molecule has 0 bridgehead atoms. The lowest BCUT2D eigenvalue weighted by Gasteiger charge is -2.28. The number of urea groups is 1. The van der Waals surface area contributed by atoms with Gasteiger partial charge in [-0.25, -0.2) is 23.4 Å². The first kappa shape index (κ1) is 28.6. The van der Waals surface area contributed by atoms with Crippen molar-refractivity contribution in [2.45, 2.75) is 31.7 Å². The molecular weight excluding hydrogens is 520 g/mol. The van der Waals surface area contributed by atoms with E-state index in [0.29, 0.717) is 29.2 Å². The first-order valence-corrected chi connectivity index (χ1v) is 12.2. The van der Waals surface area contributed by atoms with E-state index in [-0.39, 0.29) is 42.7 Å². The number of hydrogen-bond donors (Lipinski definition) is 3. The molecule has 0 aliphatic carbocycles. The summed E-state index contributed by atoms with van der Waals surface area (Å²) in [7, 11) is 1.57. The molecule has 0 radical (unpaired) electrons. The van der Waals surface area contributed by atoms with E-state index in [1.54, 1.807) is 19.2 Å². The molecule has 1 aromatic heterocycles. The standard InChI is InChI=1S/C26H28ClF2N5O4/c1-34(23(35)10-8-16-4-2-6-21(29)24(16)27)20(5-3-11-31-25(30)36)15-38-26(37)33-22-13-18-12-19(28)9-7-17(18)14-32-22/h2,4,6-7,9,12-14,20H,3,5,8,10-11,15H2,1H3,(H3,30,31,36)(H,32,33,37)/t20-/m0/s1. The van der Waals surface area contributed by atoms with Crippen molar-refractivity contribution in [3.05, 3.63) is 70.9 Å². The van der Waals surface area contributed by atoms with E-state index in [9.17, 15) is 23.2 Å². The molecule has 0 aliphatic heterocycles. The number of aryl methyl sites for hydroxylation is 1. The van der Waals surface area contributed by atoms with Crippen LogP contribution in [0.1, 0.15) is 24.8 Å². The Morgan fingerprint density at radius 3 is 2.71 bits per heavy atom. The van der Waals surface area contributed by atoms with Crippen LogP contribution in [0, 0.1) is 11.6 Å². The van der Waals surface area contributed by atoms with E-state index in [0.717, 1.165) is 0 Å². The van der Waals surface area contributed by atoms with Crippen molar-refractivity contribution in [1.29, 1.82) is 0 Å². The van der Waals surface area contributed by atoms with Crippen molar-refractivity contribution < 1.29 is 27.9 Å². The Morgan fingerprint density at radius 2 is 1.95 bits per heavy atom.